The number of hydrogen-bond donors (Lipinski definition) is 1. The summed E-state index contributed by atoms with van der Waals surface area (Å²) in [6, 6.07) is 11.1. The van der Waals surface area contributed by atoms with Crippen LogP contribution in [0.5, 0.6) is 5.88 Å². The number of amides is 1. The van der Waals surface area contributed by atoms with Crippen LogP contribution in [0.4, 0.5) is 5.69 Å². The van der Waals surface area contributed by atoms with Crippen LogP contribution >= 0.6 is 23.1 Å². The zero-order valence-electron chi connectivity index (χ0n) is 13.9. The molecule has 3 aromatic rings. The monoisotopic (exact) mass is 371 g/mol. The summed E-state index contributed by atoms with van der Waals surface area (Å²) in [5.41, 5.74) is 3.44. The third-order valence-electron chi connectivity index (χ3n) is 3.38. The van der Waals surface area contributed by atoms with Crippen LogP contribution in [0.15, 0.2) is 52.3 Å². The first-order valence-corrected chi connectivity index (χ1v) is 9.46. The number of carbonyl (C=O) groups excluding carboxylic acids is 1. The van der Waals surface area contributed by atoms with E-state index in [4.69, 9.17) is 4.74 Å². The smallest absolute Gasteiger partial charge is 0.255 e. The highest BCUT2D eigenvalue weighted by Gasteiger charge is 2.07. The molecule has 1 aromatic carbocycles. The predicted molar refractivity (Wildman–Crippen MR) is 102 cm³/mol. The van der Waals surface area contributed by atoms with Crippen molar-refractivity contribution in [2.75, 3.05) is 12.4 Å². The summed E-state index contributed by atoms with van der Waals surface area (Å²) in [6.45, 7) is 1.99. The molecular formula is C18H17N3O2S2. The molecule has 0 aliphatic heterocycles. The minimum atomic E-state index is -0.165. The summed E-state index contributed by atoms with van der Waals surface area (Å²) >= 11 is 3.35. The van der Waals surface area contributed by atoms with E-state index in [0.717, 1.165) is 21.3 Å². The molecule has 1 amide bonds. The Balaban J connectivity index is 1.57. The van der Waals surface area contributed by atoms with E-state index in [1.807, 2.05) is 36.6 Å². The Morgan fingerprint density at radius 1 is 1.24 bits per heavy atom. The zero-order chi connectivity index (χ0) is 17.6. The van der Waals surface area contributed by atoms with Crippen molar-refractivity contribution in [2.24, 2.45) is 0 Å². The number of anilines is 1. The molecule has 0 spiro atoms. The predicted octanol–water partition coefficient (Wildman–Crippen LogP) is 4.40. The summed E-state index contributed by atoms with van der Waals surface area (Å²) in [6.07, 6.45) is 1.57. The maximum atomic E-state index is 12.3. The molecule has 0 radical (unpaired) electrons. The minimum absolute atomic E-state index is 0.165. The average molecular weight is 371 g/mol. The van der Waals surface area contributed by atoms with Crippen LogP contribution in [-0.4, -0.2) is 23.0 Å². The molecule has 3 rings (SSSR count). The number of benzene rings is 1. The fourth-order valence-electron chi connectivity index (χ4n) is 2.07. The third-order valence-corrected chi connectivity index (χ3v) is 5.59. The maximum Gasteiger partial charge on any atom is 0.255 e. The number of nitrogens with zero attached hydrogens (tertiary/aromatic N) is 2. The Bertz CT molecular complexity index is 846. The number of pyridine rings is 1. The highest BCUT2D eigenvalue weighted by molar-refractivity contribution is 8.00. The Kier molecular flexibility index (Phi) is 5.67. The average Bonchev–Trinajstić information content (AvgIpc) is 3.06. The standard InChI is InChI=1S/C18H17N3O2S2/c1-12-10-24-18(20-12)25-11-13-3-5-14(6-4-13)17(22)21-15-7-8-16(23-2)19-9-15/h3-10H,11H2,1-2H3,(H,21,22). The lowest BCUT2D eigenvalue weighted by Crippen LogP contribution is -2.12. The second-order valence-electron chi connectivity index (χ2n) is 5.28. The maximum absolute atomic E-state index is 12.3. The van der Waals surface area contributed by atoms with Crippen molar-refractivity contribution in [3.8, 4) is 5.88 Å². The number of ether oxygens (including phenoxy) is 1. The van der Waals surface area contributed by atoms with Gasteiger partial charge in [-0.2, -0.15) is 0 Å². The second-order valence-corrected chi connectivity index (χ2v) is 7.36. The lowest BCUT2D eigenvalue weighted by molar-refractivity contribution is 0.102. The Hall–Kier alpha value is -2.38. The number of thiazole rings is 1. The van der Waals surface area contributed by atoms with Gasteiger partial charge in [0, 0.05) is 28.5 Å². The summed E-state index contributed by atoms with van der Waals surface area (Å²) in [7, 11) is 1.55. The van der Waals surface area contributed by atoms with Crippen LogP contribution in [0.3, 0.4) is 0 Å². The molecule has 25 heavy (non-hydrogen) atoms. The van der Waals surface area contributed by atoms with Gasteiger partial charge in [-0.25, -0.2) is 9.97 Å². The van der Waals surface area contributed by atoms with E-state index < -0.39 is 0 Å². The second kappa shape index (κ2) is 8.13. The van der Waals surface area contributed by atoms with Crippen molar-refractivity contribution >= 4 is 34.7 Å². The number of carbonyl (C=O) groups is 1. The molecule has 2 aromatic heterocycles. The summed E-state index contributed by atoms with van der Waals surface area (Å²) in [5, 5.41) is 4.86. The van der Waals surface area contributed by atoms with Gasteiger partial charge < -0.3 is 10.1 Å². The quantitative estimate of drug-likeness (QED) is 0.651. The van der Waals surface area contributed by atoms with Crippen molar-refractivity contribution in [1.29, 1.82) is 0 Å². The molecule has 0 bridgehead atoms. The Morgan fingerprint density at radius 3 is 2.64 bits per heavy atom. The van der Waals surface area contributed by atoms with E-state index in [9.17, 15) is 4.79 Å². The van der Waals surface area contributed by atoms with E-state index in [1.165, 1.54) is 0 Å². The SMILES string of the molecule is COc1ccc(NC(=O)c2ccc(CSc3nc(C)cs3)cc2)cn1. The molecule has 0 fully saturated rings. The van der Waals surface area contributed by atoms with Gasteiger partial charge in [-0.1, -0.05) is 23.9 Å². The van der Waals surface area contributed by atoms with Gasteiger partial charge in [-0.15, -0.1) is 11.3 Å². The molecule has 0 aliphatic rings. The molecule has 128 valence electrons. The first-order valence-electron chi connectivity index (χ1n) is 7.59. The van der Waals surface area contributed by atoms with E-state index >= 15 is 0 Å². The topological polar surface area (TPSA) is 64.1 Å². The van der Waals surface area contributed by atoms with Crippen LogP contribution in [0.2, 0.25) is 0 Å². The lowest BCUT2D eigenvalue weighted by Gasteiger charge is -2.06. The summed E-state index contributed by atoms with van der Waals surface area (Å²) in [4.78, 5) is 20.8. The van der Waals surface area contributed by atoms with Crippen molar-refractivity contribution < 1.29 is 9.53 Å². The van der Waals surface area contributed by atoms with E-state index in [2.05, 4.69) is 15.3 Å². The number of rotatable bonds is 6. The van der Waals surface area contributed by atoms with Crippen LogP contribution in [0, 0.1) is 6.92 Å². The molecule has 0 unspecified atom stereocenters. The van der Waals surface area contributed by atoms with Gasteiger partial charge in [0.2, 0.25) is 5.88 Å². The summed E-state index contributed by atoms with van der Waals surface area (Å²) in [5.74, 6) is 1.18. The number of hydrogen-bond acceptors (Lipinski definition) is 6. The highest BCUT2D eigenvalue weighted by Crippen LogP contribution is 2.26. The van der Waals surface area contributed by atoms with Gasteiger partial charge in [0.05, 0.1) is 19.0 Å². The molecular weight excluding hydrogens is 354 g/mol. The van der Waals surface area contributed by atoms with Gasteiger partial charge in [0.25, 0.3) is 5.91 Å². The largest absolute Gasteiger partial charge is 0.481 e. The molecule has 1 N–H and O–H groups in total. The van der Waals surface area contributed by atoms with Crippen molar-refractivity contribution in [3.05, 3.63) is 64.8 Å². The van der Waals surface area contributed by atoms with E-state index in [-0.39, 0.29) is 5.91 Å². The van der Waals surface area contributed by atoms with Crippen LogP contribution in [0.1, 0.15) is 21.6 Å². The molecule has 0 saturated carbocycles. The molecule has 0 atom stereocenters. The van der Waals surface area contributed by atoms with Crippen LogP contribution in [-0.2, 0) is 5.75 Å². The fraction of sp³-hybridized carbons (Fsp3) is 0.167. The third kappa shape index (κ3) is 4.80. The number of aryl methyl sites for hydroxylation is 1. The fourth-order valence-corrected chi connectivity index (χ4v) is 3.88. The molecule has 0 saturated heterocycles. The Labute approximate surface area is 154 Å². The van der Waals surface area contributed by atoms with Crippen molar-refractivity contribution in [1.82, 2.24) is 9.97 Å². The normalized spacial score (nSPS) is 10.5. The first kappa shape index (κ1) is 17.4. The van der Waals surface area contributed by atoms with Gasteiger partial charge in [-0.3, -0.25) is 4.79 Å². The van der Waals surface area contributed by atoms with E-state index in [1.54, 1.807) is 48.5 Å². The number of thioether (sulfide) groups is 1. The van der Waals surface area contributed by atoms with Gasteiger partial charge >= 0.3 is 0 Å². The van der Waals surface area contributed by atoms with Gasteiger partial charge in [0.15, 0.2) is 0 Å². The van der Waals surface area contributed by atoms with Crippen molar-refractivity contribution in [2.45, 2.75) is 17.0 Å². The van der Waals surface area contributed by atoms with Crippen LogP contribution < -0.4 is 10.1 Å². The minimum Gasteiger partial charge on any atom is -0.481 e. The Morgan fingerprint density at radius 2 is 2.04 bits per heavy atom. The molecule has 2 heterocycles. The number of nitrogens with one attached hydrogen (secondary N) is 1. The molecule has 0 aliphatic carbocycles. The molecule has 7 heteroatoms. The summed E-state index contributed by atoms with van der Waals surface area (Å²) < 4.78 is 6.06. The highest BCUT2D eigenvalue weighted by atomic mass is 32.2. The first-order chi connectivity index (χ1) is 12.1. The lowest BCUT2D eigenvalue weighted by atomic mass is 10.1. The van der Waals surface area contributed by atoms with Crippen molar-refractivity contribution in [3.63, 3.8) is 0 Å². The molecule has 5 nitrogen and oxygen atoms in total. The van der Waals surface area contributed by atoms with E-state index in [0.29, 0.717) is 17.1 Å². The zero-order valence-corrected chi connectivity index (χ0v) is 15.5. The van der Waals surface area contributed by atoms with Crippen LogP contribution in [0.25, 0.3) is 0 Å². The van der Waals surface area contributed by atoms with Gasteiger partial charge in [-0.05, 0) is 30.7 Å². The number of methoxy groups -OCH3 is 1. The number of aromatic nitrogens is 2. The van der Waals surface area contributed by atoms with Gasteiger partial charge in [0.1, 0.15) is 4.34 Å².